The predicted octanol–water partition coefficient (Wildman–Crippen LogP) is 2.81. The number of hydrogen-bond acceptors (Lipinski definition) is 2. The Labute approximate surface area is 108 Å². The van der Waals surface area contributed by atoms with Crippen molar-refractivity contribution < 1.29 is 9.18 Å². The molecule has 0 atom stereocenters. The number of benzene rings is 1. The van der Waals surface area contributed by atoms with Gasteiger partial charge < -0.3 is 0 Å². The highest BCUT2D eigenvalue weighted by Gasteiger charge is 2.13. The predicted molar refractivity (Wildman–Crippen MR) is 70.0 cm³/mol. The van der Waals surface area contributed by atoms with Crippen LogP contribution in [0.3, 0.4) is 0 Å². The molecule has 0 aliphatic carbocycles. The lowest BCUT2D eigenvalue weighted by Crippen LogP contribution is -2.31. The third kappa shape index (κ3) is 4.22. The van der Waals surface area contributed by atoms with Gasteiger partial charge in [0.15, 0.2) is 5.78 Å². The molecule has 0 amide bonds. The van der Waals surface area contributed by atoms with Crippen LogP contribution < -0.4 is 0 Å². The van der Waals surface area contributed by atoms with Crippen LogP contribution in [0.2, 0.25) is 0 Å². The molecule has 1 aliphatic heterocycles. The number of likely N-dealkylation sites (tertiary alicyclic amines) is 1. The fourth-order valence-electron chi connectivity index (χ4n) is 2.43. The maximum absolute atomic E-state index is 12.7. The van der Waals surface area contributed by atoms with Crippen LogP contribution in [0.4, 0.5) is 4.39 Å². The van der Waals surface area contributed by atoms with Gasteiger partial charge in [-0.05, 0) is 43.6 Å². The summed E-state index contributed by atoms with van der Waals surface area (Å²) in [4.78, 5) is 14.2. The second-order valence-corrected chi connectivity index (χ2v) is 5.03. The van der Waals surface area contributed by atoms with Crippen LogP contribution in [0, 0.1) is 5.82 Å². The summed E-state index contributed by atoms with van der Waals surface area (Å²) in [5.74, 6) is -0.0257. The molecule has 1 heterocycles. The summed E-state index contributed by atoms with van der Waals surface area (Å²) < 4.78 is 12.7. The van der Waals surface area contributed by atoms with Gasteiger partial charge >= 0.3 is 0 Å². The molecule has 2 rings (SSSR count). The van der Waals surface area contributed by atoms with Gasteiger partial charge in [-0.25, -0.2) is 4.39 Å². The summed E-state index contributed by atoms with van der Waals surface area (Å²) in [6, 6.07) is 6.20. The zero-order valence-electron chi connectivity index (χ0n) is 10.7. The molecule has 0 spiro atoms. The number of Topliss-reactive ketones (excluding diaryl/α,β-unsaturated/α-hetero) is 1. The standard InChI is InChI=1S/C15H20FNO/c16-14-7-5-13(6-8-14)11-15(18)12-17-9-3-1-2-4-10-17/h5-8H,1-4,9-12H2. The monoisotopic (exact) mass is 249 g/mol. The first-order valence-electron chi connectivity index (χ1n) is 6.72. The van der Waals surface area contributed by atoms with Crippen LogP contribution >= 0.6 is 0 Å². The number of rotatable bonds is 4. The minimum absolute atomic E-state index is 0.225. The zero-order valence-corrected chi connectivity index (χ0v) is 10.7. The molecule has 1 fully saturated rings. The first-order chi connectivity index (χ1) is 8.74. The Kier molecular flexibility index (Phi) is 4.88. The molecule has 0 saturated carbocycles. The number of carbonyl (C=O) groups excluding carboxylic acids is 1. The molecule has 0 N–H and O–H groups in total. The van der Waals surface area contributed by atoms with Crippen molar-refractivity contribution in [1.29, 1.82) is 0 Å². The average molecular weight is 249 g/mol. The van der Waals surface area contributed by atoms with Crippen molar-refractivity contribution in [2.24, 2.45) is 0 Å². The summed E-state index contributed by atoms with van der Waals surface area (Å²) in [7, 11) is 0. The van der Waals surface area contributed by atoms with E-state index in [4.69, 9.17) is 0 Å². The molecule has 0 radical (unpaired) electrons. The van der Waals surface area contributed by atoms with E-state index >= 15 is 0 Å². The second kappa shape index (κ2) is 6.64. The van der Waals surface area contributed by atoms with Crippen molar-refractivity contribution in [1.82, 2.24) is 4.90 Å². The van der Waals surface area contributed by atoms with Gasteiger partial charge in [-0.1, -0.05) is 25.0 Å². The average Bonchev–Trinajstić information content (AvgIpc) is 2.61. The van der Waals surface area contributed by atoms with E-state index in [1.54, 1.807) is 12.1 Å². The minimum Gasteiger partial charge on any atom is -0.298 e. The van der Waals surface area contributed by atoms with Gasteiger partial charge in [-0.3, -0.25) is 9.69 Å². The molecular formula is C15H20FNO. The van der Waals surface area contributed by atoms with E-state index in [0.717, 1.165) is 18.7 Å². The summed E-state index contributed by atoms with van der Waals surface area (Å²) in [6.45, 7) is 2.61. The van der Waals surface area contributed by atoms with E-state index in [1.165, 1.54) is 37.8 Å². The van der Waals surface area contributed by atoms with E-state index in [-0.39, 0.29) is 11.6 Å². The number of ketones is 1. The number of hydrogen-bond donors (Lipinski definition) is 0. The molecule has 1 aromatic rings. The van der Waals surface area contributed by atoms with Crippen molar-refractivity contribution in [3.63, 3.8) is 0 Å². The van der Waals surface area contributed by atoms with E-state index < -0.39 is 0 Å². The summed E-state index contributed by atoms with van der Waals surface area (Å²) in [5, 5.41) is 0. The molecule has 0 unspecified atom stereocenters. The molecule has 0 aromatic heterocycles. The molecule has 1 aromatic carbocycles. The van der Waals surface area contributed by atoms with Gasteiger partial charge in [0.1, 0.15) is 5.82 Å². The Hall–Kier alpha value is -1.22. The van der Waals surface area contributed by atoms with Gasteiger partial charge in [0.25, 0.3) is 0 Å². The third-order valence-corrected chi connectivity index (χ3v) is 3.41. The van der Waals surface area contributed by atoms with Gasteiger partial charge in [0.05, 0.1) is 6.54 Å². The Balaban J connectivity index is 1.82. The normalized spacial score (nSPS) is 17.4. The molecule has 1 aliphatic rings. The topological polar surface area (TPSA) is 20.3 Å². The van der Waals surface area contributed by atoms with Crippen LogP contribution in [0.15, 0.2) is 24.3 Å². The Bertz CT molecular complexity index is 380. The van der Waals surface area contributed by atoms with Gasteiger partial charge in [-0.15, -0.1) is 0 Å². The molecule has 0 bridgehead atoms. The number of halogens is 1. The van der Waals surface area contributed by atoms with Gasteiger partial charge in [-0.2, -0.15) is 0 Å². The minimum atomic E-state index is -0.251. The van der Waals surface area contributed by atoms with Crippen molar-refractivity contribution in [2.75, 3.05) is 19.6 Å². The summed E-state index contributed by atoms with van der Waals surface area (Å²) in [5.41, 5.74) is 0.899. The Morgan fingerprint density at radius 2 is 1.67 bits per heavy atom. The fourth-order valence-corrected chi connectivity index (χ4v) is 2.43. The lowest BCUT2D eigenvalue weighted by Gasteiger charge is -2.18. The molecule has 18 heavy (non-hydrogen) atoms. The van der Waals surface area contributed by atoms with Crippen LogP contribution in [0.5, 0.6) is 0 Å². The highest BCUT2D eigenvalue weighted by molar-refractivity contribution is 5.82. The van der Waals surface area contributed by atoms with Crippen LogP contribution in [0.1, 0.15) is 31.2 Å². The highest BCUT2D eigenvalue weighted by Crippen LogP contribution is 2.10. The van der Waals surface area contributed by atoms with Crippen LogP contribution in [-0.4, -0.2) is 30.3 Å². The lowest BCUT2D eigenvalue weighted by atomic mass is 10.1. The lowest BCUT2D eigenvalue weighted by molar-refractivity contribution is -0.119. The molecular weight excluding hydrogens is 229 g/mol. The first kappa shape index (κ1) is 13.2. The molecule has 2 nitrogen and oxygen atoms in total. The van der Waals surface area contributed by atoms with Crippen molar-refractivity contribution >= 4 is 5.78 Å². The van der Waals surface area contributed by atoms with Crippen LogP contribution in [-0.2, 0) is 11.2 Å². The van der Waals surface area contributed by atoms with E-state index in [9.17, 15) is 9.18 Å². The van der Waals surface area contributed by atoms with Crippen molar-refractivity contribution in [3.8, 4) is 0 Å². The zero-order chi connectivity index (χ0) is 12.8. The summed E-state index contributed by atoms with van der Waals surface area (Å²) >= 11 is 0. The van der Waals surface area contributed by atoms with Crippen molar-refractivity contribution in [3.05, 3.63) is 35.6 Å². The largest absolute Gasteiger partial charge is 0.298 e. The SMILES string of the molecule is O=C(Cc1ccc(F)cc1)CN1CCCCCC1. The van der Waals surface area contributed by atoms with Crippen LogP contribution in [0.25, 0.3) is 0 Å². The van der Waals surface area contributed by atoms with Crippen molar-refractivity contribution in [2.45, 2.75) is 32.1 Å². The highest BCUT2D eigenvalue weighted by atomic mass is 19.1. The number of carbonyl (C=O) groups is 1. The quantitative estimate of drug-likeness (QED) is 0.818. The van der Waals surface area contributed by atoms with E-state index in [0.29, 0.717) is 13.0 Å². The van der Waals surface area contributed by atoms with E-state index in [2.05, 4.69) is 4.90 Å². The second-order valence-electron chi connectivity index (χ2n) is 5.03. The molecule has 98 valence electrons. The maximum atomic E-state index is 12.7. The fraction of sp³-hybridized carbons (Fsp3) is 0.533. The smallest absolute Gasteiger partial charge is 0.151 e. The van der Waals surface area contributed by atoms with Gasteiger partial charge in [0.2, 0.25) is 0 Å². The molecule has 1 saturated heterocycles. The summed E-state index contributed by atoms with van der Waals surface area (Å²) in [6.07, 6.45) is 5.37. The number of nitrogens with zero attached hydrogens (tertiary/aromatic N) is 1. The Morgan fingerprint density at radius 3 is 2.28 bits per heavy atom. The van der Waals surface area contributed by atoms with E-state index in [1.807, 2.05) is 0 Å². The first-order valence-corrected chi connectivity index (χ1v) is 6.72. The Morgan fingerprint density at radius 1 is 1.06 bits per heavy atom. The van der Waals surface area contributed by atoms with Gasteiger partial charge in [0, 0.05) is 6.42 Å². The maximum Gasteiger partial charge on any atom is 0.151 e. The third-order valence-electron chi connectivity index (χ3n) is 3.41. The molecule has 3 heteroatoms.